The van der Waals surface area contributed by atoms with Crippen LogP contribution in [0.15, 0.2) is 0 Å². The molecule has 0 unspecified atom stereocenters. The van der Waals surface area contributed by atoms with Crippen LogP contribution in [0.25, 0.3) is 0 Å². The molecular formula is C13H24O5. The molecule has 1 aliphatic rings. The van der Waals surface area contributed by atoms with Crippen molar-refractivity contribution in [2.45, 2.75) is 63.6 Å². The maximum Gasteiger partial charge on any atom is 0.506 e. The number of carbonyl (C=O) groups is 1. The van der Waals surface area contributed by atoms with E-state index in [1.807, 2.05) is 0 Å². The van der Waals surface area contributed by atoms with Crippen molar-refractivity contribution < 1.29 is 24.5 Å². The van der Waals surface area contributed by atoms with Crippen LogP contribution in [0.5, 0.6) is 0 Å². The summed E-state index contributed by atoms with van der Waals surface area (Å²) in [5.41, 5.74) is 0. The highest BCUT2D eigenvalue weighted by molar-refractivity contribution is 5.57. The van der Waals surface area contributed by atoms with Crippen LogP contribution in [0.2, 0.25) is 0 Å². The van der Waals surface area contributed by atoms with Crippen LogP contribution in [0.3, 0.4) is 0 Å². The average molecular weight is 260 g/mol. The van der Waals surface area contributed by atoms with Gasteiger partial charge in [-0.3, -0.25) is 0 Å². The molecule has 0 spiro atoms. The quantitative estimate of drug-likeness (QED) is 0.518. The molecule has 106 valence electrons. The van der Waals surface area contributed by atoms with E-state index in [2.05, 4.69) is 0 Å². The molecule has 0 saturated heterocycles. The smallest absolute Gasteiger partial charge is 0.450 e. The topological polar surface area (TPSA) is 76.0 Å². The van der Waals surface area contributed by atoms with Crippen LogP contribution < -0.4 is 0 Å². The van der Waals surface area contributed by atoms with Gasteiger partial charge in [0.2, 0.25) is 0 Å². The second kappa shape index (κ2) is 9.16. The Morgan fingerprint density at radius 2 is 1.61 bits per heavy atom. The van der Waals surface area contributed by atoms with E-state index in [4.69, 9.17) is 19.7 Å². The highest BCUT2D eigenvalue weighted by atomic mass is 16.7. The predicted molar refractivity (Wildman–Crippen MR) is 66.7 cm³/mol. The lowest BCUT2D eigenvalue weighted by Gasteiger charge is -2.27. The van der Waals surface area contributed by atoms with Crippen molar-refractivity contribution >= 4 is 6.16 Å². The fourth-order valence-electron chi connectivity index (χ4n) is 2.28. The third-order valence-electron chi connectivity index (χ3n) is 3.29. The number of rotatable bonds is 8. The summed E-state index contributed by atoms with van der Waals surface area (Å²) in [4.78, 5) is 10.4. The van der Waals surface area contributed by atoms with Crippen molar-refractivity contribution in [1.82, 2.24) is 0 Å². The minimum atomic E-state index is -1.18. The van der Waals surface area contributed by atoms with E-state index in [-0.39, 0.29) is 18.8 Å². The van der Waals surface area contributed by atoms with Crippen LogP contribution >= 0.6 is 0 Å². The fourth-order valence-corrected chi connectivity index (χ4v) is 2.28. The lowest BCUT2D eigenvalue weighted by molar-refractivity contribution is -0.0207. The lowest BCUT2D eigenvalue weighted by atomic mass is 9.95. The molecule has 5 heteroatoms. The summed E-state index contributed by atoms with van der Waals surface area (Å²) in [5.74, 6) is 0. The Bertz CT molecular complexity index is 223. The molecule has 1 saturated carbocycles. The van der Waals surface area contributed by atoms with Crippen LogP contribution in [-0.4, -0.2) is 41.8 Å². The number of carboxylic acid groups (broad SMARTS) is 1. The van der Waals surface area contributed by atoms with Gasteiger partial charge in [0.25, 0.3) is 0 Å². The van der Waals surface area contributed by atoms with Gasteiger partial charge in [0.05, 0.1) is 6.10 Å². The third kappa shape index (κ3) is 6.81. The van der Waals surface area contributed by atoms with Crippen molar-refractivity contribution in [3.63, 3.8) is 0 Å². The van der Waals surface area contributed by atoms with E-state index >= 15 is 0 Å². The van der Waals surface area contributed by atoms with Gasteiger partial charge in [-0.15, -0.1) is 0 Å². The first-order valence-electron chi connectivity index (χ1n) is 6.84. The number of aliphatic hydroxyl groups excluding tert-OH is 1. The minimum Gasteiger partial charge on any atom is -0.450 e. The highest BCUT2D eigenvalue weighted by Crippen LogP contribution is 2.23. The molecule has 0 aromatic heterocycles. The number of hydrogen-bond acceptors (Lipinski definition) is 4. The second-order valence-electron chi connectivity index (χ2n) is 4.79. The Kier molecular flexibility index (Phi) is 7.76. The molecule has 0 amide bonds. The molecule has 2 N–H and O–H groups in total. The molecule has 0 bridgehead atoms. The molecule has 1 rings (SSSR count). The first kappa shape index (κ1) is 15.2. The Labute approximate surface area is 108 Å². The van der Waals surface area contributed by atoms with E-state index in [0.717, 1.165) is 58.0 Å². The summed E-state index contributed by atoms with van der Waals surface area (Å²) in [7, 11) is 0. The average Bonchev–Trinajstić information content (AvgIpc) is 2.35. The largest absolute Gasteiger partial charge is 0.506 e. The van der Waals surface area contributed by atoms with Gasteiger partial charge in [0, 0.05) is 13.2 Å². The maximum atomic E-state index is 10.4. The Hall–Kier alpha value is -0.810. The SMILES string of the molecule is O=C(O)O[C@H]1CC[C@H](OCCCCCCO)CC1. The van der Waals surface area contributed by atoms with Gasteiger partial charge >= 0.3 is 6.16 Å². The van der Waals surface area contributed by atoms with Gasteiger partial charge in [-0.2, -0.15) is 0 Å². The summed E-state index contributed by atoms with van der Waals surface area (Å²) in [5, 5.41) is 17.1. The van der Waals surface area contributed by atoms with Gasteiger partial charge in [-0.25, -0.2) is 4.79 Å². The first-order chi connectivity index (χ1) is 8.72. The molecule has 5 nitrogen and oxygen atoms in total. The monoisotopic (exact) mass is 260 g/mol. The first-order valence-corrected chi connectivity index (χ1v) is 6.84. The van der Waals surface area contributed by atoms with E-state index in [1.54, 1.807) is 0 Å². The van der Waals surface area contributed by atoms with E-state index in [0.29, 0.717) is 0 Å². The maximum absolute atomic E-state index is 10.4. The summed E-state index contributed by atoms with van der Waals surface area (Å²) >= 11 is 0. The van der Waals surface area contributed by atoms with Crippen LogP contribution in [-0.2, 0) is 9.47 Å². The zero-order chi connectivity index (χ0) is 13.2. The molecular weight excluding hydrogens is 236 g/mol. The molecule has 1 fully saturated rings. The van der Waals surface area contributed by atoms with Gasteiger partial charge in [0.1, 0.15) is 6.10 Å². The standard InChI is InChI=1S/C13H24O5/c14-9-3-1-2-4-10-17-11-5-7-12(8-6-11)18-13(15)16/h11-12,14H,1-10H2,(H,15,16)/t11-,12-. The fraction of sp³-hybridized carbons (Fsp3) is 0.923. The van der Waals surface area contributed by atoms with E-state index in [9.17, 15) is 4.79 Å². The van der Waals surface area contributed by atoms with Gasteiger partial charge in [-0.05, 0) is 38.5 Å². The molecule has 0 radical (unpaired) electrons. The van der Waals surface area contributed by atoms with E-state index < -0.39 is 6.16 Å². The Balaban J connectivity index is 1.97. The summed E-state index contributed by atoms with van der Waals surface area (Å²) in [6.07, 6.45) is 6.29. The molecule has 0 aliphatic heterocycles. The number of ether oxygens (including phenoxy) is 2. The van der Waals surface area contributed by atoms with Gasteiger partial charge in [0.15, 0.2) is 0 Å². The van der Waals surface area contributed by atoms with Crippen molar-refractivity contribution in [1.29, 1.82) is 0 Å². The zero-order valence-corrected chi connectivity index (χ0v) is 10.8. The minimum absolute atomic E-state index is 0.146. The van der Waals surface area contributed by atoms with Crippen molar-refractivity contribution in [2.24, 2.45) is 0 Å². The predicted octanol–water partition coefficient (Wildman–Crippen LogP) is 2.56. The Morgan fingerprint density at radius 1 is 1.00 bits per heavy atom. The summed E-state index contributed by atoms with van der Waals surface area (Å²) in [6.45, 7) is 1.04. The van der Waals surface area contributed by atoms with Crippen molar-refractivity contribution in [3.8, 4) is 0 Å². The Morgan fingerprint density at radius 3 is 2.22 bits per heavy atom. The number of unbranched alkanes of at least 4 members (excludes halogenated alkanes) is 3. The second-order valence-corrected chi connectivity index (χ2v) is 4.79. The molecule has 0 aromatic carbocycles. The highest BCUT2D eigenvalue weighted by Gasteiger charge is 2.23. The third-order valence-corrected chi connectivity index (χ3v) is 3.29. The molecule has 1 aliphatic carbocycles. The number of hydrogen-bond donors (Lipinski definition) is 2. The van der Waals surface area contributed by atoms with Crippen LogP contribution in [0.4, 0.5) is 4.79 Å². The lowest BCUT2D eigenvalue weighted by Crippen LogP contribution is -2.28. The number of aliphatic hydroxyl groups is 1. The molecule has 0 aromatic rings. The van der Waals surface area contributed by atoms with E-state index in [1.165, 1.54) is 0 Å². The molecule has 0 heterocycles. The normalized spacial score (nSPS) is 23.8. The molecule has 18 heavy (non-hydrogen) atoms. The van der Waals surface area contributed by atoms with Crippen molar-refractivity contribution in [3.05, 3.63) is 0 Å². The van der Waals surface area contributed by atoms with Gasteiger partial charge in [-0.1, -0.05) is 12.8 Å². The zero-order valence-electron chi connectivity index (χ0n) is 10.8. The van der Waals surface area contributed by atoms with Crippen LogP contribution in [0, 0.1) is 0 Å². The molecule has 0 atom stereocenters. The van der Waals surface area contributed by atoms with Crippen LogP contribution in [0.1, 0.15) is 51.4 Å². The summed E-state index contributed by atoms with van der Waals surface area (Å²) < 4.78 is 10.5. The summed E-state index contributed by atoms with van der Waals surface area (Å²) in [6, 6.07) is 0. The van der Waals surface area contributed by atoms with Gasteiger partial charge < -0.3 is 19.7 Å². The van der Waals surface area contributed by atoms with Crippen molar-refractivity contribution in [2.75, 3.05) is 13.2 Å².